The fraction of sp³-hybridized carbons (Fsp3) is 0.452. The quantitative estimate of drug-likeness (QED) is 0.299. The average Bonchev–Trinajstić information content (AvgIpc) is 3.74. The first-order valence-corrected chi connectivity index (χ1v) is 15.1. The number of aromatic hydroxyl groups is 1. The number of hydrogen-bond donors (Lipinski definition) is 3. The van der Waals surface area contributed by atoms with E-state index in [1.54, 1.807) is 0 Å². The molecule has 7 heterocycles. The molecule has 2 bridgehead atoms. The van der Waals surface area contributed by atoms with Gasteiger partial charge in [-0.15, -0.1) is 0 Å². The summed E-state index contributed by atoms with van der Waals surface area (Å²) < 4.78 is 41.0. The normalized spacial score (nSPS) is 26.0. The topological polar surface area (TPSA) is 173 Å². The predicted molar refractivity (Wildman–Crippen MR) is 159 cm³/mol. The van der Waals surface area contributed by atoms with Gasteiger partial charge in [0.05, 0.1) is 11.1 Å². The van der Waals surface area contributed by atoms with Gasteiger partial charge < -0.3 is 30.2 Å². The molecule has 4 fully saturated rings. The smallest absolute Gasteiger partial charge is 0.319 e. The second-order valence-electron chi connectivity index (χ2n) is 12.5. The van der Waals surface area contributed by atoms with E-state index in [9.17, 15) is 24.4 Å². The van der Waals surface area contributed by atoms with Gasteiger partial charge >= 0.3 is 6.01 Å². The number of rotatable bonds is 5. The predicted octanol–water partition coefficient (Wildman–Crippen LogP) is 3.50. The average molecular weight is 614 g/mol. The molecule has 0 spiro atoms. The van der Waals surface area contributed by atoms with E-state index >= 15 is 0 Å². The van der Waals surface area contributed by atoms with Crippen LogP contribution in [0.3, 0.4) is 0 Å². The molecule has 4 N–H and O–H groups in total. The van der Waals surface area contributed by atoms with Crippen LogP contribution in [0.4, 0.5) is 20.5 Å². The number of fused-ring (bicyclic) bond motifs is 5. The number of piperazine rings is 1. The molecule has 12 nitrogen and oxygen atoms in total. The molecule has 4 atom stereocenters. The van der Waals surface area contributed by atoms with Crippen molar-refractivity contribution in [3.05, 3.63) is 29.2 Å². The van der Waals surface area contributed by atoms with Gasteiger partial charge in [0.15, 0.2) is 17.3 Å². The van der Waals surface area contributed by atoms with E-state index in [1.165, 1.54) is 0 Å². The molecule has 0 amide bonds. The van der Waals surface area contributed by atoms with Gasteiger partial charge in [0.25, 0.3) is 0 Å². The number of halogens is 2. The summed E-state index contributed by atoms with van der Waals surface area (Å²) in [5, 5.41) is 35.6. The van der Waals surface area contributed by atoms with E-state index in [1.807, 2.05) is 12.1 Å². The van der Waals surface area contributed by atoms with Crippen LogP contribution in [0.5, 0.6) is 11.8 Å². The maximum atomic E-state index is 14.9. The van der Waals surface area contributed by atoms with Crippen molar-refractivity contribution in [2.24, 2.45) is 0 Å². The van der Waals surface area contributed by atoms with Crippen LogP contribution in [0, 0.1) is 28.5 Å². The van der Waals surface area contributed by atoms with Crippen molar-refractivity contribution in [3.8, 4) is 35.0 Å². The molecule has 0 radical (unpaired) electrons. The van der Waals surface area contributed by atoms with Crippen LogP contribution < -0.4 is 20.7 Å². The minimum atomic E-state index is -0.933. The summed E-state index contributed by atoms with van der Waals surface area (Å²) >= 11 is 0. The first kappa shape index (κ1) is 27.7. The Kier molecular flexibility index (Phi) is 6.24. The lowest BCUT2D eigenvalue weighted by Gasteiger charge is -2.34. The Labute approximate surface area is 256 Å². The van der Waals surface area contributed by atoms with Crippen LogP contribution in [0.15, 0.2) is 16.5 Å². The molecule has 14 heteroatoms. The number of nitriles is 2. The van der Waals surface area contributed by atoms with Gasteiger partial charge in [-0.25, -0.2) is 13.8 Å². The summed E-state index contributed by atoms with van der Waals surface area (Å²) in [6.45, 7) is 2.59. The van der Waals surface area contributed by atoms with Gasteiger partial charge in [0.1, 0.15) is 52.9 Å². The van der Waals surface area contributed by atoms with Crippen LogP contribution in [-0.4, -0.2) is 81.5 Å². The van der Waals surface area contributed by atoms with E-state index in [-0.39, 0.29) is 75.0 Å². The zero-order valence-corrected chi connectivity index (χ0v) is 24.2. The number of nitrogens with zero attached hydrogens (tertiary/aromatic N) is 7. The highest BCUT2D eigenvalue weighted by Crippen LogP contribution is 2.45. The highest BCUT2D eigenvalue weighted by Gasteiger charge is 2.49. The molecule has 0 aliphatic carbocycles. The molecule has 45 heavy (non-hydrogen) atoms. The second kappa shape index (κ2) is 10.1. The van der Waals surface area contributed by atoms with E-state index in [0.717, 1.165) is 44.4 Å². The first-order valence-electron chi connectivity index (χ1n) is 15.1. The molecule has 4 aliphatic heterocycles. The second-order valence-corrected chi connectivity index (χ2v) is 12.5. The van der Waals surface area contributed by atoms with Gasteiger partial charge in [-0.3, -0.25) is 4.90 Å². The molecular formula is C31H29F2N9O3. The van der Waals surface area contributed by atoms with Gasteiger partial charge in [-0.05, 0) is 38.3 Å². The SMILES string of the molecule is N#Cc1nc2c(N3CC4CCC(C3)N4)nc(OC[C@@]34CCCN3C[C@H](F)C4)nc2c(O)c1-c1cc(F)cc2oc(N)c(C#N)c12. The van der Waals surface area contributed by atoms with Crippen molar-refractivity contribution in [2.45, 2.75) is 55.9 Å². The van der Waals surface area contributed by atoms with Crippen LogP contribution in [-0.2, 0) is 0 Å². The fourth-order valence-electron chi connectivity index (χ4n) is 7.85. The van der Waals surface area contributed by atoms with E-state index in [2.05, 4.69) is 25.1 Å². The molecule has 8 rings (SSSR count). The Morgan fingerprint density at radius 2 is 1.93 bits per heavy atom. The maximum Gasteiger partial charge on any atom is 0.319 e. The Balaban J connectivity index is 1.32. The number of ether oxygens (including phenoxy) is 1. The number of nitrogens with two attached hydrogens (primary N) is 1. The number of anilines is 2. The number of hydrogen-bond acceptors (Lipinski definition) is 12. The first-order chi connectivity index (χ1) is 21.8. The Hall–Kier alpha value is -4.79. The number of nitrogen functional groups attached to an aromatic ring is 1. The lowest BCUT2D eigenvalue weighted by Crippen LogP contribution is -2.51. The van der Waals surface area contributed by atoms with Gasteiger partial charge in [-0.2, -0.15) is 20.5 Å². The molecule has 230 valence electrons. The Morgan fingerprint density at radius 3 is 2.69 bits per heavy atom. The monoisotopic (exact) mass is 613 g/mol. The third-order valence-electron chi connectivity index (χ3n) is 9.78. The summed E-state index contributed by atoms with van der Waals surface area (Å²) in [4.78, 5) is 18.1. The van der Waals surface area contributed by atoms with Crippen molar-refractivity contribution in [1.82, 2.24) is 25.2 Å². The summed E-state index contributed by atoms with van der Waals surface area (Å²) in [6, 6.07) is 6.62. The minimum absolute atomic E-state index is 0.00201. The van der Waals surface area contributed by atoms with E-state index in [0.29, 0.717) is 31.9 Å². The number of pyridine rings is 1. The third-order valence-corrected chi connectivity index (χ3v) is 9.78. The summed E-state index contributed by atoms with van der Waals surface area (Å²) in [5.41, 5.74) is 5.23. The van der Waals surface area contributed by atoms with Crippen molar-refractivity contribution in [1.29, 1.82) is 10.5 Å². The summed E-state index contributed by atoms with van der Waals surface area (Å²) in [7, 11) is 0. The van der Waals surface area contributed by atoms with Gasteiger partial charge in [-0.1, -0.05) is 0 Å². The van der Waals surface area contributed by atoms with Crippen LogP contribution in [0.1, 0.15) is 43.4 Å². The van der Waals surface area contributed by atoms with Crippen molar-refractivity contribution >= 4 is 33.7 Å². The van der Waals surface area contributed by atoms with Crippen LogP contribution in [0.25, 0.3) is 33.1 Å². The molecular weight excluding hydrogens is 584 g/mol. The number of benzene rings is 1. The maximum absolute atomic E-state index is 14.9. The largest absolute Gasteiger partial charge is 0.505 e. The Morgan fingerprint density at radius 1 is 1.13 bits per heavy atom. The standard InChI is InChI=1S/C31H29F2N9O3/c32-15-6-19(23-20(9-34)28(36)45-22(23)7-15)24-21(10-35)38-26-25(27(24)43)39-30(40-29(26)41-12-17-2-3-18(13-41)37-17)44-14-31-4-1-5-42(31)11-16(33)8-31/h6-7,16-18,37H,1-5,8,11-14,36H2,(H,38,43)/t16-,17?,18?,31+/m1/s1. The lowest BCUT2D eigenvalue weighted by atomic mass is 9.95. The lowest BCUT2D eigenvalue weighted by molar-refractivity contribution is 0.107. The third kappa shape index (κ3) is 4.31. The van der Waals surface area contributed by atoms with Gasteiger partial charge in [0.2, 0.25) is 5.88 Å². The highest BCUT2D eigenvalue weighted by atomic mass is 19.1. The number of aromatic nitrogens is 3. The zero-order chi connectivity index (χ0) is 31.0. The number of furan rings is 1. The highest BCUT2D eigenvalue weighted by molar-refractivity contribution is 6.06. The van der Waals surface area contributed by atoms with Crippen molar-refractivity contribution < 1.29 is 23.0 Å². The zero-order valence-electron chi connectivity index (χ0n) is 24.2. The van der Waals surface area contributed by atoms with Crippen molar-refractivity contribution in [3.63, 3.8) is 0 Å². The molecule has 2 unspecified atom stereocenters. The molecule has 1 aromatic carbocycles. The molecule has 4 aliphatic rings. The Bertz CT molecular complexity index is 1960. The molecule has 4 aromatic rings. The molecule has 3 aromatic heterocycles. The van der Waals surface area contributed by atoms with Crippen LogP contribution in [0.2, 0.25) is 0 Å². The van der Waals surface area contributed by atoms with Crippen molar-refractivity contribution in [2.75, 3.05) is 43.4 Å². The summed E-state index contributed by atoms with van der Waals surface area (Å²) in [5.74, 6) is -1.01. The van der Waals surface area contributed by atoms with E-state index < -0.39 is 23.3 Å². The van der Waals surface area contributed by atoms with Gasteiger partial charge in [0, 0.05) is 55.2 Å². The van der Waals surface area contributed by atoms with Crippen LogP contribution >= 0.6 is 0 Å². The summed E-state index contributed by atoms with van der Waals surface area (Å²) in [6.07, 6.45) is 3.18. The van der Waals surface area contributed by atoms with E-state index in [4.69, 9.17) is 19.9 Å². The number of alkyl halides is 1. The number of nitrogens with one attached hydrogen (secondary N) is 1. The fourth-order valence-corrected chi connectivity index (χ4v) is 7.85. The molecule has 0 saturated carbocycles. The molecule has 4 saturated heterocycles. The minimum Gasteiger partial charge on any atom is -0.505 e.